The van der Waals surface area contributed by atoms with E-state index in [9.17, 15) is 0 Å². The highest BCUT2D eigenvalue weighted by molar-refractivity contribution is 4.82. The molecular formula is C13H28N2O2. The summed E-state index contributed by atoms with van der Waals surface area (Å²) >= 11 is 0. The Morgan fingerprint density at radius 3 is 2.88 bits per heavy atom. The molecule has 2 atom stereocenters. The summed E-state index contributed by atoms with van der Waals surface area (Å²) in [6.45, 7) is 13.0. The maximum Gasteiger partial charge on any atom is 0.0877 e. The van der Waals surface area contributed by atoms with Crippen molar-refractivity contribution in [3.63, 3.8) is 0 Å². The number of likely N-dealkylation sites (N-methyl/N-ethyl adjacent to an activating group) is 1. The van der Waals surface area contributed by atoms with Crippen molar-refractivity contribution in [2.45, 2.75) is 39.3 Å². The first kappa shape index (κ1) is 14.9. The van der Waals surface area contributed by atoms with E-state index >= 15 is 0 Å². The third-order valence-electron chi connectivity index (χ3n) is 3.23. The minimum absolute atomic E-state index is 0.266. The van der Waals surface area contributed by atoms with Crippen LogP contribution >= 0.6 is 0 Å². The Morgan fingerprint density at radius 2 is 2.24 bits per heavy atom. The monoisotopic (exact) mass is 244 g/mol. The van der Waals surface area contributed by atoms with Gasteiger partial charge in [-0.25, -0.2) is 0 Å². The molecule has 1 fully saturated rings. The fourth-order valence-electron chi connectivity index (χ4n) is 2.13. The minimum Gasteiger partial charge on any atom is -0.380 e. The van der Waals surface area contributed by atoms with E-state index in [1.807, 2.05) is 6.92 Å². The summed E-state index contributed by atoms with van der Waals surface area (Å²) in [4.78, 5) is 2.45. The number of ether oxygens (including phenoxy) is 2. The van der Waals surface area contributed by atoms with Gasteiger partial charge in [0.25, 0.3) is 0 Å². The molecule has 0 aromatic rings. The molecule has 4 heteroatoms. The van der Waals surface area contributed by atoms with Crippen molar-refractivity contribution in [2.24, 2.45) is 0 Å². The van der Waals surface area contributed by atoms with Gasteiger partial charge in [-0.15, -0.1) is 0 Å². The molecule has 1 aliphatic heterocycles. The zero-order chi connectivity index (χ0) is 12.5. The van der Waals surface area contributed by atoms with Crippen LogP contribution in [0.15, 0.2) is 0 Å². The van der Waals surface area contributed by atoms with Crippen LogP contribution in [0.1, 0.15) is 27.2 Å². The second kappa shape index (κ2) is 8.86. The van der Waals surface area contributed by atoms with Gasteiger partial charge in [0.05, 0.1) is 25.4 Å². The van der Waals surface area contributed by atoms with Crippen LogP contribution in [0, 0.1) is 0 Å². The molecule has 0 saturated carbocycles. The molecule has 1 saturated heterocycles. The van der Waals surface area contributed by atoms with Crippen LogP contribution in [0.4, 0.5) is 0 Å². The maximum absolute atomic E-state index is 5.88. The first-order valence-electron chi connectivity index (χ1n) is 6.96. The van der Waals surface area contributed by atoms with E-state index in [0.717, 1.165) is 52.4 Å². The van der Waals surface area contributed by atoms with Crippen LogP contribution in [0.2, 0.25) is 0 Å². The van der Waals surface area contributed by atoms with E-state index in [2.05, 4.69) is 24.1 Å². The molecule has 1 rings (SSSR count). The molecule has 0 bridgehead atoms. The Balaban J connectivity index is 2.42. The largest absolute Gasteiger partial charge is 0.380 e. The Bertz CT molecular complexity index is 182. The van der Waals surface area contributed by atoms with E-state index in [1.165, 1.54) is 0 Å². The lowest BCUT2D eigenvalue weighted by molar-refractivity contribution is -0.0594. The lowest BCUT2D eigenvalue weighted by Gasteiger charge is -2.36. The summed E-state index contributed by atoms with van der Waals surface area (Å²) in [6, 6.07) is 0.323. The van der Waals surface area contributed by atoms with Crippen molar-refractivity contribution in [3.05, 3.63) is 0 Å². The van der Waals surface area contributed by atoms with Crippen molar-refractivity contribution >= 4 is 0 Å². The van der Waals surface area contributed by atoms with E-state index in [0.29, 0.717) is 6.04 Å². The van der Waals surface area contributed by atoms with Crippen LogP contribution in [0.3, 0.4) is 0 Å². The van der Waals surface area contributed by atoms with Crippen molar-refractivity contribution in [3.8, 4) is 0 Å². The number of nitrogens with one attached hydrogen (secondary N) is 1. The number of hydrogen-bond donors (Lipinski definition) is 1. The smallest absolute Gasteiger partial charge is 0.0877 e. The predicted molar refractivity (Wildman–Crippen MR) is 70.4 cm³/mol. The molecule has 0 amide bonds. The van der Waals surface area contributed by atoms with Gasteiger partial charge in [-0.3, -0.25) is 4.90 Å². The number of rotatable bonds is 8. The van der Waals surface area contributed by atoms with Gasteiger partial charge in [-0.2, -0.15) is 0 Å². The summed E-state index contributed by atoms with van der Waals surface area (Å²) in [7, 11) is 0. The zero-order valence-corrected chi connectivity index (χ0v) is 11.6. The van der Waals surface area contributed by atoms with Crippen LogP contribution < -0.4 is 5.32 Å². The molecule has 0 spiro atoms. The molecule has 1 N–H and O–H groups in total. The average molecular weight is 244 g/mol. The minimum atomic E-state index is 0.266. The predicted octanol–water partition coefficient (Wildman–Crippen LogP) is 1.11. The Kier molecular flexibility index (Phi) is 7.77. The quantitative estimate of drug-likeness (QED) is 0.693. The van der Waals surface area contributed by atoms with Crippen molar-refractivity contribution in [1.29, 1.82) is 0 Å². The highest BCUT2D eigenvalue weighted by Gasteiger charge is 2.27. The zero-order valence-electron chi connectivity index (χ0n) is 11.6. The van der Waals surface area contributed by atoms with Gasteiger partial charge in [0.2, 0.25) is 0 Å². The molecule has 0 radical (unpaired) electrons. The Labute approximate surface area is 106 Å². The van der Waals surface area contributed by atoms with Gasteiger partial charge in [0.1, 0.15) is 0 Å². The van der Waals surface area contributed by atoms with Crippen molar-refractivity contribution in [2.75, 3.05) is 46.0 Å². The molecule has 102 valence electrons. The highest BCUT2D eigenvalue weighted by Crippen LogP contribution is 2.09. The number of nitrogens with zero attached hydrogens (tertiary/aromatic N) is 1. The molecule has 0 aromatic heterocycles. The van der Waals surface area contributed by atoms with Gasteiger partial charge < -0.3 is 14.8 Å². The van der Waals surface area contributed by atoms with Gasteiger partial charge in [0, 0.05) is 19.7 Å². The van der Waals surface area contributed by atoms with E-state index in [-0.39, 0.29) is 6.10 Å². The second-order valence-corrected chi connectivity index (χ2v) is 4.52. The molecular weight excluding hydrogens is 216 g/mol. The SMILES string of the molecule is CCCNC(COCC)C1CN(CC)CCO1. The topological polar surface area (TPSA) is 33.7 Å². The number of morpholine rings is 1. The second-order valence-electron chi connectivity index (χ2n) is 4.52. The summed E-state index contributed by atoms with van der Waals surface area (Å²) in [5.41, 5.74) is 0. The van der Waals surface area contributed by atoms with Crippen molar-refractivity contribution in [1.82, 2.24) is 10.2 Å². The van der Waals surface area contributed by atoms with Gasteiger partial charge in [0.15, 0.2) is 0 Å². The lowest BCUT2D eigenvalue weighted by Crippen LogP contribution is -2.54. The van der Waals surface area contributed by atoms with Gasteiger partial charge in [-0.1, -0.05) is 13.8 Å². The molecule has 4 nitrogen and oxygen atoms in total. The third-order valence-corrected chi connectivity index (χ3v) is 3.23. The van der Waals surface area contributed by atoms with E-state index < -0.39 is 0 Å². The maximum atomic E-state index is 5.88. The standard InChI is InChI=1S/C13H28N2O2/c1-4-7-14-12(11-16-6-3)13-10-15(5-2)8-9-17-13/h12-14H,4-11H2,1-3H3. The molecule has 17 heavy (non-hydrogen) atoms. The summed E-state index contributed by atoms with van der Waals surface area (Å²) in [5, 5.41) is 3.54. The first-order chi connectivity index (χ1) is 8.31. The van der Waals surface area contributed by atoms with Crippen LogP contribution in [0.5, 0.6) is 0 Å². The van der Waals surface area contributed by atoms with Crippen molar-refractivity contribution < 1.29 is 9.47 Å². The Morgan fingerprint density at radius 1 is 1.41 bits per heavy atom. The summed E-state index contributed by atoms with van der Waals surface area (Å²) in [5.74, 6) is 0. The van der Waals surface area contributed by atoms with E-state index in [4.69, 9.17) is 9.47 Å². The lowest BCUT2D eigenvalue weighted by atomic mass is 10.1. The molecule has 2 unspecified atom stereocenters. The van der Waals surface area contributed by atoms with Crippen LogP contribution in [0.25, 0.3) is 0 Å². The Hall–Kier alpha value is -0.160. The first-order valence-corrected chi connectivity index (χ1v) is 6.96. The summed E-state index contributed by atoms with van der Waals surface area (Å²) in [6.07, 6.45) is 1.41. The fourth-order valence-corrected chi connectivity index (χ4v) is 2.13. The fraction of sp³-hybridized carbons (Fsp3) is 1.00. The van der Waals surface area contributed by atoms with Crippen LogP contribution in [-0.2, 0) is 9.47 Å². The summed E-state index contributed by atoms with van der Waals surface area (Å²) < 4.78 is 11.4. The number of hydrogen-bond acceptors (Lipinski definition) is 4. The third kappa shape index (κ3) is 5.34. The normalized spacial score (nSPS) is 23.8. The molecule has 1 aliphatic rings. The molecule has 1 heterocycles. The molecule has 0 aliphatic carbocycles. The average Bonchev–Trinajstić information content (AvgIpc) is 2.39. The van der Waals surface area contributed by atoms with Crippen LogP contribution in [-0.4, -0.2) is 63.0 Å². The van der Waals surface area contributed by atoms with Gasteiger partial charge >= 0.3 is 0 Å². The van der Waals surface area contributed by atoms with E-state index in [1.54, 1.807) is 0 Å². The highest BCUT2D eigenvalue weighted by atomic mass is 16.5. The molecule has 0 aromatic carbocycles. The van der Waals surface area contributed by atoms with Gasteiger partial charge in [-0.05, 0) is 26.4 Å².